The molecule has 3 rings (SSSR count). The van der Waals surface area contributed by atoms with Crippen LogP contribution < -0.4 is 11.1 Å². The average Bonchev–Trinajstić information content (AvgIpc) is 2.97. The molecule has 1 fully saturated rings. The van der Waals surface area contributed by atoms with Gasteiger partial charge in [-0.3, -0.25) is 9.20 Å². The molecule has 3 N–H and O–H groups in total. The van der Waals surface area contributed by atoms with Gasteiger partial charge >= 0.3 is 0 Å². The van der Waals surface area contributed by atoms with Crippen molar-refractivity contribution in [3.63, 3.8) is 0 Å². The van der Waals surface area contributed by atoms with Crippen molar-refractivity contribution in [2.75, 3.05) is 11.9 Å². The maximum atomic E-state index is 12.3. The van der Waals surface area contributed by atoms with E-state index in [0.717, 1.165) is 38.0 Å². The SMILES string of the molecule is NCC1CCC(C(=O)Nc2ccnc3nccn23)CC1. The predicted octanol–water partition coefficient (Wildman–Crippen LogP) is 1.43. The number of hydrogen-bond acceptors (Lipinski definition) is 4. The Morgan fingerprint density at radius 2 is 2.05 bits per heavy atom. The fourth-order valence-electron chi connectivity index (χ4n) is 2.82. The second-order valence-electron chi connectivity index (χ2n) is 5.37. The van der Waals surface area contributed by atoms with Gasteiger partial charge in [0.2, 0.25) is 11.7 Å². The normalized spacial score (nSPS) is 22.9. The van der Waals surface area contributed by atoms with Crippen LogP contribution in [0.5, 0.6) is 0 Å². The molecule has 1 saturated carbocycles. The average molecular weight is 273 g/mol. The van der Waals surface area contributed by atoms with E-state index in [0.29, 0.717) is 11.7 Å². The zero-order valence-corrected chi connectivity index (χ0v) is 11.3. The number of nitrogens with one attached hydrogen (secondary N) is 1. The summed E-state index contributed by atoms with van der Waals surface area (Å²) in [4.78, 5) is 20.6. The zero-order chi connectivity index (χ0) is 13.9. The first kappa shape index (κ1) is 13.1. The molecule has 0 aliphatic heterocycles. The van der Waals surface area contributed by atoms with Crippen molar-refractivity contribution in [3.8, 4) is 0 Å². The predicted molar refractivity (Wildman–Crippen MR) is 76.1 cm³/mol. The van der Waals surface area contributed by atoms with Gasteiger partial charge < -0.3 is 11.1 Å². The monoisotopic (exact) mass is 273 g/mol. The number of carbonyl (C=O) groups is 1. The van der Waals surface area contributed by atoms with E-state index in [1.54, 1.807) is 29.1 Å². The number of fused-ring (bicyclic) bond motifs is 1. The quantitative estimate of drug-likeness (QED) is 0.886. The molecular formula is C14H19N5O. The molecule has 2 aromatic heterocycles. The number of amides is 1. The van der Waals surface area contributed by atoms with E-state index >= 15 is 0 Å². The highest BCUT2D eigenvalue weighted by Gasteiger charge is 2.25. The summed E-state index contributed by atoms with van der Waals surface area (Å²) in [7, 11) is 0. The second-order valence-corrected chi connectivity index (χ2v) is 5.37. The molecule has 0 saturated heterocycles. The lowest BCUT2D eigenvalue weighted by Gasteiger charge is -2.26. The van der Waals surface area contributed by atoms with E-state index in [-0.39, 0.29) is 11.8 Å². The van der Waals surface area contributed by atoms with E-state index in [4.69, 9.17) is 5.73 Å². The molecule has 2 aromatic rings. The molecular weight excluding hydrogens is 254 g/mol. The lowest BCUT2D eigenvalue weighted by molar-refractivity contribution is -0.121. The number of anilines is 1. The number of aromatic nitrogens is 3. The van der Waals surface area contributed by atoms with Gasteiger partial charge in [0.25, 0.3) is 0 Å². The topological polar surface area (TPSA) is 85.3 Å². The molecule has 0 bridgehead atoms. The minimum Gasteiger partial charge on any atom is -0.330 e. The van der Waals surface area contributed by atoms with Crippen LogP contribution >= 0.6 is 0 Å². The summed E-state index contributed by atoms with van der Waals surface area (Å²) in [6.45, 7) is 0.731. The molecule has 20 heavy (non-hydrogen) atoms. The molecule has 6 heteroatoms. The van der Waals surface area contributed by atoms with Crippen LogP contribution in [0.15, 0.2) is 24.7 Å². The van der Waals surface area contributed by atoms with Crippen LogP contribution in [-0.2, 0) is 4.79 Å². The minimum absolute atomic E-state index is 0.0849. The number of nitrogens with two attached hydrogens (primary N) is 1. The number of carbonyl (C=O) groups excluding carboxylic acids is 1. The molecule has 6 nitrogen and oxygen atoms in total. The Kier molecular flexibility index (Phi) is 3.64. The van der Waals surface area contributed by atoms with Crippen LogP contribution in [0.3, 0.4) is 0 Å². The van der Waals surface area contributed by atoms with Gasteiger partial charge in [0.05, 0.1) is 0 Å². The van der Waals surface area contributed by atoms with Gasteiger partial charge in [0, 0.05) is 24.5 Å². The third-order valence-electron chi connectivity index (χ3n) is 4.11. The molecule has 0 spiro atoms. The van der Waals surface area contributed by atoms with Crippen molar-refractivity contribution in [1.29, 1.82) is 0 Å². The number of imidazole rings is 1. The molecule has 106 valence electrons. The van der Waals surface area contributed by atoms with E-state index in [9.17, 15) is 4.79 Å². The Labute approximate surface area is 117 Å². The Balaban J connectivity index is 1.69. The van der Waals surface area contributed by atoms with Crippen LogP contribution in [0.2, 0.25) is 0 Å². The minimum atomic E-state index is 0.0849. The van der Waals surface area contributed by atoms with Gasteiger partial charge in [-0.1, -0.05) is 0 Å². The largest absolute Gasteiger partial charge is 0.330 e. The lowest BCUT2D eigenvalue weighted by atomic mass is 9.81. The van der Waals surface area contributed by atoms with Crippen LogP contribution in [0.1, 0.15) is 25.7 Å². The van der Waals surface area contributed by atoms with Crippen molar-refractivity contribution in [1.82, 2.24) is 14.4 Å². The summed E-state index contributed by atoms with van der Waals surface area (Å²) in [5.74, 6) is 2.07. The molecule has 2 heterocycles. The van der Waals surface area contributed by atoms with Crippen LogP contribution in [0, 0.1) is 11.8 Å². The third-order valence-corrected chi connectivity index (χ3v) is 4.11. The summed E-state index contributed by atoms with van der Waals surface area (Å²) >= 11 is 0. The third kappa shape index (κ3) is 2.51. The molecule has 1 amide bonds. The Morgan fingerprint density at radius 1 is 1.30 bits per heavy atom. The number of hydrogen-bond donors (Lipinski definition) is 2. The highest BCUT2D eigenvalue weighted by Crippen LogP contribution is 2.29. The van der Waals surface area contributed by atoms with Crippen molar-refractivity contribution < 1.29 is 4.79 Å². The Morgan fingerprint density at radius 3 is 2.80 bits per heavy atom. The summed E-state index contributed by atoms with van der Waals surface area (Å²) < 4.78 is 1.78. The standard InChI is InChI=1S/C14H19N5O/c15-9-10-1-3-11(4-2-10)13(20)18-12-5-6-16-14-17-7-8-19(12)14/h5-8,10-11H,1-4,9,15H2,(H,18,20). The molecule has 0 aromatic carbocycles. The van der Waals surface area contributed by atoms with Gasteiger partial charge in [0.1, 0.15) is 5.82 Å². The molecule has 1 aliphatic rings. The van der Waals surface area contributed by atoms with Gasteiger partial charge in [-0.2, -0.15) is 0 Å². The summed E-state index contributed by atoms with van der Waals surface area (Å²) in [6.07, 6.45) is 9.06. The number of nitrogens with zero attached hydrogens (tertiary/aromatic N) is 3. The van der Waals surface area contributed by atoms with Gasteiger partial charge in [-0.05, 0) is 44.2 Å². The van der Waals surface area contributed by atoms with E-state index in [1.807, 2.05) is 0 Å². The smallest absolute Gasteiger partial charge is 0.235 e. The van der Waals surface area contributed by atoms with Gasteiger partial charge in [0.15, 0.2) is 0 Å². The summed E-state index contributed by atoms with van der Waals surface area (Å²) in [6, 6.07) is 1.79. The Bertz CT molecular complexity index is 600. The van der Waals surface area contributed by atoms with E-state index in [1.165, 1.54) is 0 Å². The van der Waals surface area contributed by atoms with Gasteiger partial charge in [-0.15, -0.1) is 0 Å². The van der Waals surface area contributed by atoms with Gasteiger partial charge in [-0.25, -0.2) is 9.97 Å². The fourth-order valence-corrected chi connectivity index (χ4v) is 2.82. The first-order valence-electron chi connectivity index (χ1n) is 7.07. The van der Waals surface area contributed by atoms with Crippen molar-refractivity contribution in [2.24, 2.45) is 17.6 Å². The highest BCUT2D eigenvalue weighted by atomic mass is 16.1. The van der Waals surface area contributed by atoms with Crippen molar-refractivity contribution in [3.05, 3.63) is 24.7 Å². The van der Waals surface area contributed by atoms with Crippen LogP contribution in [0.25, 0.3) is 5.78 Å². The first-order chi connectivity index (χ1) is 9.78. The first-order valence-corrected chi connectivity index (χ1v) is 7.07. The Hall–Kier alpha value is -1.95. The summed E-state index contributed by atoms with van der Waals surface area (Å²) in [5.41, 5.74) is 5.68. The molecule has 0 unspecified atom stereocenters. The molecule has 0 atom stereocenters. The maximum Gasteiger partial charge on any atom is 0.235 e. The van der Waals surface area contributed by atoms with Crippen LogP contribution in [0.4, 0.5) is 5.82 Å². The second kappa shape index (κ2) is 5.58. The van der Waals surface area contributed by atoms with Crippen LogP contribution in [-0.4, -0.2) is 26.8 Å². The fraction of sp³-hybridized carbons (Fsp3) is 0.500. The van der Waals surface area contributed by atoms with Crippen molar-refractivity contribution >= 4 is 17.5 Å². The van der Waals surface area contributed by atoms with E-state index in [2.05, 4.69) is 15.3 Å². The van der Waals surface area contributed by atoms with E-state index < -0.39 is 0 Å². The molecule has 0 radical (unpaired) electrons. The van der Waals surface area contributed by atoms with Crippen molar-refractivity contribution in [2.45, 2.75) is 25.7 Å². The lowest BCUT2D eigenvalue weighted by Crippen LogP contribution is -2.29. The zero-order valence-electron chi connectivity index (χ0n) is 11.3. The number of rotatable bonds is 3. The maximum absolute atomic E-state index is 12.3. The highest BCUT2D eigenvalue weighted by molar-refractivity contribution is 5.92. The molecule has 1 aliphatic carbocycles. The summed E-state index contributed by atoms with van der Waals surface area (Å²) in [5, 5.41) is 2.99.